The van der Waals surface area contributed by atoms with Gasteiger partial charge < -0.3 is 24.8 Å². The van der Waals surface area contributed by atoms with Crippen LogP contribution < -0.4 is 14.8 Å². The molecule has 156 valence electrons. The number of nitrogens with one attached hydrogen (secondary N) is 1. The van der Waals surface area contributed by atoms with E-state index < -0.39 is 5.60 Å². The zero-order valence-electron chi connectivity index (χ0n) is 17.1. The molecule has 1 unspecified atom stereocenters. The van der Waals surface area contributed by atoms with E-state index in [1.807, 2.05) is 25.1 Å². The van der Waals surface area contributed by atoms with Gasteiger partial charge in [-0.1, -0.05) is 12.1 Å². The lowest BCUT2D eigenvalue weighted by atomic mass is 9.91. The van der Waals surface area contributed by atoms with E-state index in [-0.39, 0.29) is 12.5 Å². The summed E-state index contributed by atoms with van der Waals surface area (Å²) >= 11 is 0. The molecule has 1 fully saturated rings. The monoisotopic (exact) mass is 400 g/mol. The molecule has 1 aromatic heterocycles. The van der Waals surface area contributed by atoms with Crippen LogP contribution in [0.5, 0.6) is 11.5 Å². The zero-order valence-corrected chi connectivity index (χ0v) is 17.1. The van der Waals surface area contributed by atoms with Crippen LogP contribution in [-0.4, -0.2) is 58.8 Å². The Morgan fingerprint density at radius 1 is 1.24 bits per heavy atom. The highest BCUT2D eigenvalue weighted by molar-refractivity contribution is 5.86. The number of likely N-dealkylation sites (tertiary alicyclic amines) is 1. The van der Waals surface area contributed by atoms with Gasteiger partial charge in [0.05, 0.1) is 25.6 Å². The van der Waals surface area contributed by atoms with E-state index in [0.717, 1.165) is 23.4 Å². The van der Waals surface area contributed by atoms with Crippen molar-refractivity contribution >= 4 is 5.91 Å². The van der Waals surface area contributed by atoms with Crippen molar-refractivity contribution in [1.29, 1.82) is 0 Å². The van der Waals surface area contributed by atoms with E-state index in [2.05, 4.69) is 15.3 Å². The van der Waals surface area contributed by atoms with E-state index in [1.165, 1.54) is 0 Å². The molecule has 0 radical (unpaired) electrons. The Kier molecular flexibility index (Phi) is 6.66. The molecule has 0 spiro atoms. The van der Waals surface area contributed by atoms with Gasteiger partial charge in [0.1, 0.15) is 0 Å². The molecular weight excluding hydrogens is 372 g/mol. The molecular formula is C21H28N4O4. The van der Waals surface area contributed by atoms with Gasteiger partial charge in [0.25, 0.3) is 5.91 Å². The molecule has 3 rings (SSSR count). The van der Waals surface area contributed by atoms with Crippen LogP contribution in [0.1, 0.15) is 29.8 Å². The molecule has 0 bridgehead atoms. The number of carbonyl (C=O) groups excluding carboxylic acids is 1. The maximum Gasteiger partial charge on any atom is 0.256 e. The van der Waals surface area contributed by atoms with Crippen LogP contribution in [0.2, 0.25) is 0 Å². The average Bonchev–Trinajstić information content (AvgIpc) is 2.73. The number of rotatable bonds is 8. The lowest BCUT2D eigenvalue weighted by Crippen LogP contribution is -2.57. The number of aromatic nitrogens is 2. The molecule has 8 heteroatoms. The number of aryl methyl sites for hydroxylation is 1. The third-order valence-electron chi connectivity index (χ3n) is 5.11. The number of benzene rings is 1. The normalized spacial score (nSPS) is 19.3. The largest absolute Gasteiger partial charge is 0.493 e. The Labute approximate surface area is 170 Å². The fraction of sp³-hybridized carbons (Fsp3) is 0.476. The summed E-state index contributed by atoms with van der Waals surface area (Å²) in [6.45, 7) is 3.41. The van der Waals surface area contributed by atoms with Crippen LogP contribution in [0.25, 0.3) is 0 Å². The summed E-state index contributed by atoms with van der Waals surface area (Å²) in [4.78, 5) is 23.2. The van der Waals surface area contributed by atoms with Crippen molar-refractivity contribution in [2.75, 3.05) is 27.3 Å². The highest BCUT2D eigenvalue weighted by Crippen LogP contribution is 2.33. The summed E-state index contributed by atoms with van der Waals surface area (Å²) in [6, 6.07) is 5.58. The second-order valence-electron chi connectivity index (χ2n) is 7.27. The van der Waals surface area contributed by atoms with Crippen molar-refractivity contribution in [3.63, 3.8) is 0 Å². The van der Waals surface area contributed by atoms with Gasteiger partial charge in [0, 0.05) is 44.1 Å². The predicted octanol–water partition coefficient (Wildman–Crippen LogP) is 1.45. The molecule has 1 amide bonds. The van der Waals surface area contributed by atoms with Gasteiger partial charge in [-0.25, -0.2) is 0 Å². The van der Waals surface area contributed by atoms with Crippen LogP contribution >= 0.6 is 0 Å². The van der Waals surface area contributed by atoms with Crippen molar-refractivity contribution in [3.05, 3.63) is 47.5 Å². The number of nitrogens with zero attached hydrogens (tertiary/aromatic N) is 3. The molecule has 2 aromatic rings. The van der Waals surface area contributed by atoms with Gasteiger partial charge in [0.2, 0.25) is 0 Å². The van der Waals surface area contributed by atoms with E-state index in [0.29, 0.717) is 37.6 Å². The van der Waals surface area contributed by atoms with Gasteiger partial charge in [-0.05, 0) is 25.8 Å². The fourth-order valence-electron chi connectivity index (χ4n) is 3.57. The number of ether oxygens (including phenoxy) is 2. The van der Waals surface area contributed by atoms with E-state index >= 15 is 0 Å². The summed E-state index contributed by atoms with van der Waals surface area (Å²) in [5.41, 5.74) is 1.01. The quantitative estimate of drug-likeness (QED) is 0.692. The van der Waals surface area contributed by atoms with Gasteiger partial charge in [-0.3, -0.25) is 14.8 Å². The number of hydrogen-bond donors (Lipinski definition) is 2. The molecule has 1 atom stereocenters. The maximum absolute atomic E-state index is 13.0. The fourth-order valence-corrected chi connectivity index (χ4v) is 3.57. The van der Waals surface area contributed by atoms with Gasteiger partial charge in [-0.15, -0.1) is 0 Å². The topological polar surface area (TPSA) is 96.8 Å². The highest BCUT2D eigenvalue weighted by Gasteiger charge is 2.42. The van der Waals surface area contributed by atoms with E-state index in [9.17, 15) is 9.90 Å². The number of para-hydroxylation sites is 1. The predicted molar refractivity (Wildman–Crippen MR) is 108 cm³/mol. The van der Waals surface area contributed by atoms with Crippen molar-refractivity contribution in [2.45, 2.75) is 38.5 Å². The van der Waals surface area contributed by atoms with Crippen LogP contribution in [0.4, 0.5) is 0 Å². The molecule has 1 aliphatic heterocycles. The minimum Gasteiger partial charge on any atom is -0.493 e. The molecule has 1 aliphatic rings. The van der Waals surface area contributed by atoms with Crippen molar-refractivity contribution < 1.29 is 19.4 Å². The summed E-state index contributed by atoms with van der Waals surface area (Å²) in [5, 5.41) is 14.1. The number of methoxy groups -OCH3 is 2. The second kappa shape index (κ2) is 9.19. The number of carbonyl (C=O) groups is 1. The average molecular weight is 400 g/mol. The molecule has 1 saturated heterocycles. The second-order valence-corrected chi connectivity index (χ2v) is 7.27. The first-order chi connectivity index (χ1) is 14.0. The molecule has 0 aliphatic carbocycles. The smallest absolute Gasteiger partial charge is 0.256 e. The Bertz CT molecular complexity index is 843. The van der Waals surface area contributed by atoms with Crippen LogP contribution in [0.3, 0.4) is 0 Å². The van der Waals surface area contributed by atoms with E-state index in [1.54, 1.807) is 31.5 Å². The molecule has 8 nitrogen and oxygen atoms in total. The van der Waals surface area contributed by atoms with Gasteiger partial charge in [0.15, 0.2) is 17.1 Å². The summed E-state index contributed by atoms with van der Waals surface area (Å²) in [6.07, 6.45) is 4.53. The minimum atomic E-state index is -1.44. The third kappa shape index (κ3) is 4.83. The van der Waals surface area contributed by atoms with Crippen molar-refractivity contribution in [3.8, 4) is 11.5 Å². The number of piperidine rings is 1. The third-order valence-corrected chi connectivity index (χ3v) is 5.11. The van der Waals surface area contributed by atoms with Crippen LogP contribution in [-0.2, 0) is 17.9 Å². The van der Waals surface area contributed by atoms with E-state index in [4.69, 9.17) is 9.47 Å². The number of aliphatic hydroxyl groups is 1. The molecule has 0 saturated carbocycles. The molecule has 29 heavy (non-hydrogen) atoms. The summed E-state index contributed by atoms with van der Waals surface area (Å²) in [5.74, 6) is 0.940. The minimum absolute atomic E-state index is 0.160. The molecule has 2 N–H and O–H groups in total. The SMILES string of the molecule is COc1cccc(CN2CCCC(O)(CNCc3cnc(C)cn3)C2=O)c1OC. The summed E-state index contributed by atoms with van der Waals surface area (Å²) < 4.78 is 10.8. The maximum atomic E-state index is 13.0. The number of amides is 1. The Balaban J connectivity index is 1.65. The summed E-state index contributed by atoms with van der Waals surface area (Å²) in [7, 11) is 3.16. The lowest BCUT2D eigenvalue weighted by molar-refractivity contribution is -0.157. The first-order valence-corrected chi connectivity index (χ1v) is 9.66. The number of hydrogen-bond acceptors (Lipinski definition) is 7. The first kappa shape index (κ1) is 21.0. The highest BCUT2D eigenvalue weighted by atomic mass is 16.5. The standard InChI is InChI=1S/C21H28N4O4/c1-15-10-24-17(12-23-15)11-22-14-21(27)8-5-9-25(20(21)26)13-16-6-4-7-18(28-2)19(16)29-3/h4,6-7,10,12,22,27H,5,8-9,11,13-14H2,1-3H3. The van der Waals surface area contributed by atoms with Crippen molar-refractivity contribution in [2.24, 2.45) is 0 Å². The van der Waals surface area contributed by atoms with Crippen LogP contribution in [0.15, 0.2) is 30.6 Å². The Hall–Kier alpha value is -2.71. The first-order valence-electron chi connectivity index (χ1n) is 9.66. The molecule has 1 aromatic carbocycles. The molecule has 2 heterocycles. The lowest BCUT2D eigenvalue weighted by Gasteiger charge is -2.38. The Morgan fingerprint density at radius 3 is 2.76 bits per heavy atom. The zero-order chi connectivity index (χ0) is 20.9. The van der Waals surface area contributed by atoms with Gasteiger partial charge >= 0.3 is 0 Å². The Morgan fingerprint density at radius 2 is 2.07 bits per heavy atom. The van der Waals surface area contributed by atoms with Gasteiger partial charge in [-0.2, -0.15) is 0 Å². The van der Waals surface area contributed by atoms with Crippen LogP contribution in [0, 0.1) is 6.92 Å². The van der Waals surface area contributed by atoms with Crippen molar-refractivity contribution in [1.82, 2.24) is 20.2 Å².